The molecule has 3 N–H and O–H groups in total. The van der Waals surface area contributed by atoms with Crippen LogP contribution in [-0.4, -0.2) is 50.9 Å². The number of nitrogens with one attached hydrogen (secondary N) is 1. The van der Waals surface area contributed by atoms with Crippen LogP contribution in [0.4, 0.5) is 5.82 Å². The van der Waals surface area contributed by atoms with Gasteiger partial charge in [0.1, 0.15) is 21.9 Å². The first-order valence-corrected chi connectivity index (χ1v) is 7.77. The first-order chi connectivity index (χ1) is 10.9. The number of anilines is 1. The highest BCUT2D eigenvalue weighted by Gasteiger charge is 2.26. The van der Waals surface area contributed by atoms with Crippen molar-refractivity contribution >= 4 is 39.3 Å². The topological polar surface area (TPSA) is 122 Å². The van der Waals surface area contributed by atoms with E-state index in [0.29, 0.717) is 20.7 Å². The molecule has 2 atom stereocenters. The van der Waals surface area contributed by atoms with Gasteiger partial charge in [-0.05, 0) is 26.3 Å². The number of hydrogen-bond acceptors (Lipinski definition) is 8. The molecule has 124 valence electrons. The zero-order valence-electron chi connectivity index (χ0n) is 12.9. The third kappa shape index (κ3) is 3.40. The van der Waals surface area contributed by atoms with Crippen LogP contribution in [0.15, 0.2) is 6.33 Å². The summed E-state index contributed by atoms with van der Waals surface area (Å²) in [7, 11) is 0. The molecule has 0 aliphatic heterocycles. The molecule has 0 spiro atoms. The molecule has 0 aliphatic carbocycles. The zero-order valence-corrected chi connectivity index (χ0v) is 13.7. The Hall–Kier alpha value is -2.26. The molecule has 2 rings (SSSR count). The third-order valence-electron chi connectivity index (χ3n) is 3.23. The standard InChI is InChI=1S/C14H17N3O5S/c1-4-22-14(21)10-6(2)8-11(15-5-16-12(8)23-10)17-9(7(3)18)13(19)20/h5,7,9,18H,4H2,1-3H3,(H,19,20)(H,15,16,17). The van der Waals surface area contributed by atoms with Gasteiger partial charge in [0.25, 0.3) is 0 Å². The molecular formula is C14H17N3O5S. The number of carboxylic acid groups (broad SMARTS) is 1. The number of fused-ring (bicyclic) bond motifs is 1. The molecule has 0 aliphatic rings. The maximum absolute atomic E-state index is 12.0. The lowest BCUT2D eigenvalue weighted by molar-refractivity contribution is -0.140. The van der Waals surface area contributed by atoms with E-state index in [0.717, 1.165) is 11.3 Å². The molecular weight excluding hydrogens is 322 g/mol. The third-order valence-corrected chi connectivity index (χ3v) is 4.41. The summed E-state index contributed by atoms with van der Waals surface area (Å²) in [4.78, 5) is 32.3. The average molecular weight is 339 g/mol. The highest BCUT2D eigenvalue weighted by atomic mass is 32.1. The molecule has 0 radical (unpaired) electrons. The summed E-state index contributed by atoms with van der Waals surface area (Å²) in [5.41, 5.74) is 0.612. The van der Waals surface area contributed by atoms with Crippen LogP contribution < -0.4 is 5.32 Å². The number of rotatable bonds is 6. The number of aliphatic hydroxyl groups excluding tert-OH is 1. The maximum atomic E-state index is 12.0. The molecule has 23 heavy (non-hydrogen) atoms. The van der Waals surface area contributed by atoms with Crippen LogP contribution in [0.2, 0.25) is 0 Å². The number of aromatic nitrogens is 2. The van der Waals surface area contributed by atoms with Gasteiger partial charge in [-0.3, -0.25) is 0 Å². The Labute approximate surface area is 136 Å². The quantitative estimate of drug-likeness (QED) is 0.676. The van der Waals surface area contributed by atoms with Gasteiger partial charge in [-0.25, -0.2) is 19.6 Å². The first-order valence-electron chi connectivity index (χ1n) is 6.95. The lowest BCUT2D eigenvalue weighted by Gasteiger charge is -2.18. The molecule has 2 aromatic rings. The fourth-order valence-corrected chi connectivity index (χ4v) is 3.15. The number of carbonyl (C=O) groups excluding carboxylic acids is 1. The lowest BCUT2D eigenvalue weighted by atomic mass is 10.1. The second-order valence-corrected chi connectivity index (χ2v) is 5.88. The largest absolute Gasteiger partial charge is 0.480 e. The van der Waals surface area contributed by atoms with Crippen LogP contribution in [0.5, 0.6) is 0 Å². The summed E-state index contributed by atoms with van der Waals surface area (Å²) in [5.74, 6) is -1.40. The molecule has 9 heteroatoms. The van der Waals surface area contributed by atoms with E-state index in [4.69, 9.17) is 4.74 Å². The second-order valence-electron chi connectivity index (χ2n) is 4.88. The number of nitrogens with zero attached hydrogens (tertiary/aromatic N) is 2. The van der Waals surface area contributed by atoms with Crippen molar-refractivity contribution in [3.05, 3.63) is 16.8 Å². The van der Waals surface area contributed by atoms with Crippen LogP contribution in [0.1, 0.15) is 29.1 Å². The number of aliphatic hydroxyl groups is 1. The van der Waals surface area contributed by atoms with Gasteiger partial charge in [-0.15, -0.1) is 11.3 Å². The van der Waals surface area contributed by atoms with E-state index in [-0.39, 0.29) is 12.4 Å². The monoisotopic (exact) mass is 339 g/mol. The molecule has 0 saturated heterocycles. The van der Waals surface area contributed by atoms with Crippen molar-refractivity contribution in [3.8, 4) is 0 Å². The molecule has 0 saturated carbocycles. The van der Waals surface area contributed by atoms with Crippen molar-refractivity contribution < 1.29 is 24.5 Å². The summed E-state index contributed by atoms with van der Waals surface area (Å²) in [6.07, 6.45) is 0.150. The molecule has 0 aromatic carbocycles. The molecule has 2 unspecified atom stereocenters. The summed E-state index contributed by atoms with van der Waals surface area (Å²) >= 11 is 1.15. The first kappa shape index (κ1) is 17.1. The predicted molar refractivity (Wildman–Crippen MR) is 84.8 cm³/mol. The zero-order chi connectivity index (χ0) is 17.1. The van der Waals surface area contributed by atoms with Crippen molar-refractivity contribution in [2.45, 2.75) is 32.9 Å². The van der Waals surface area contributed by atoms with Crippen LogP contribution >= 0.6 is 11.3 Å². The smallest absolute Gasteiger partial charge is 0.348 e. The van der Waals surface area contributed by atoms with Gasteiger partial charge in [0.2, 0.25) is 0 Å². The van der Waals surface area contributed by atoms with Crippen molar-refractivity contribution in [2.24, 2.45) is 0 Å². The van der Waals surface area contributed by atoms with Crippen molar-refractivity contribution in [2.75, 3.05) is 11.9 Å². The molecule has 8 nitrogen and oxygen atoms in total. The minimum Gasteiger partial charge on any atom is -0.480 e. The number of aliphatic carboxylic acids is 1. The van der Waals surface area contributed by atoms with Gasteiger partial charge in [-0.2, -0.15) is 0 Å². The van der Waals surface area contributed by atoms with E-state index in [2.05, 4.69) is 15.3 Å². The number of thiophene rings is 1. The number of aryl methyl sites for hydroxylation is 1. The van der Waals surface area contributed by atoms with Gasteiger partial charge < -0.3 is 20.3 Å². The number of ether oxygens (including phenoxy) is 1. The van der Waals surface area contributed by atoms with Gasteiger partial charge in [0.05, 0.1) is 18.1 Å². The molecule has 2 aromatic heterocycles. The summed E-state index contributed by atoms with van der Waals surface area (Å²) in [6.45, 7) is 5.06. The molecule has 0 amide bonds. The van der Waals surface area contributed by atoms with E-state index in [1.54, 1.807) is 13.8 Å². The molecule has 2 heterocycles. The highest BCUT2D eigenvalue weighted by molar-refractivity contribution is 7.20. The lowest BCUT2D eigenvalue weighted by Crippen LogP contribution is -2.39. The normalized spacial score (nSPS) is 13.6. The Bertz CT molecular complexity index is 743. The van der Waals surface area contributed by atoms with Crippen LogP contribution in [-0.2, 0) is 9.53 Å². The van der Waals surface area contributed by atoms with Crippen molar-refractivity contribution in [3.63, 3.8) is 0 Å². The number of carbonyl (C=O) groups is 2. The van der Waals surface area contributed by atoms with E-state index < -0.39 is 24.1 Å². The second kappa shape index (κ2) is 6.88. The van der Waals surface area contributed by atoms with Crippen LogP contribution in [0, 0.1) is 6.92 Å². The van der Waals surface area contributed by atoms with Gasteiger partial charge in [-0.1, -0.05) is 0 Å². The minimum atomic E-state index is -1.22. The van der Waals surface area contributed by atoms with E-state index in [1.807, 2.05) is 0 Å². The Morgan fingerprint density at radius 1 is 1.43 bits per heavy atom. The number of esters is 1. The number of hydrogen-bond donors (Lipinski definition) is 3. The Balaban J connectivity index is 2.49. The molecule has 0 bridgehead atoms. The van der Waals surface area contributed by atoms with Crippen LogP contribution in [0.3, 0.4) is 0 Å². The van der Waals surface area contributed by atoms with E-state index in [1.165, 1.54) is 13.3 Å². The van der Waals surface area contributed by atoms with Gasteiger partial charge in [0.15, 0.2) is 6.04 Å². The summed E-state index contributed by atoms with van der Waals surface area (Å²) < 4.78 is 5.00. The van der Waals surface area contributed by atoms with Gasteiger partial charge >= 0.3 is 11.9 Å². The SMILES string of the molecule is CCOC(=O)c1sc2ncnc(NC(C(=O)O)C(C)O)c2c1C. The van der Waals surface area contributed by atoms with E-state index in [9.17, 15) is 19.8 Å². The minimum absolute atomic E-state index is 0.256. The Morgan fingerprint density at radius 2 is 2.13 bits per heavy atom. The fourth-order valence-electron chi connectivity index (χ4n) is 2.11. The van der Waals surface area contributed by atoms with Crippen molar-refractivity contribution in [1.82, 2.24) is 9.97 Å². The average Bonchev–Trinajstić information content (AvgIpc) is 2.82. The highest BCUT2D eigenvalue weighted by Crippen LogP contribution is 2.34. The Kier molecular flexibility index (Phi) is 5.12. The predicted octanol–water partition coefficient (Wildman–Crippen LogP) is 1.42. The number of carboxylic acids is 1. The van der Waals surface area contributed by atoms with Crippen LogP contribution in [0.25, 0.3) is 10.2 Å². The fraction of sp³-hybridized carbons (Fsp3) is 0.429. The summed E-state index contributed by atoms with van der Waals surface area (Å²) in [6, 6.07) is -1.22. The Morgan fingerprint density at radius 3 is 2.70 bits per heavy atom. The maximum Gasteiger partial charge on any atom is 0.348 e. The molecule has 0 fully saturated rings. The van der Waals surface area contributed by atoms with E-state index >= 15 is 0 Å². The van der Waals surface area contributed by atoms with Gasteiger partial charge in [0, 0.05) is 0 Å². The van der Waals surface area contributed by atoms with Crippen molar-refractivity contribution in [1.29, 1.82) is 0 Å². The summed E-state index contributed by atoms with van der Waals surface area (Å²) in [5, 5.41) is 22.0.